The lowest BCUT2D eigenvalue weighted by Gasteiger charge is -2.11. The minimum atomic E-state index is -4.48. The summed E-state index contributed by atoms with van der Waals surface area (Å²) in [6.45, 7) is 1.25. The fourth-order valence-electron chi connectivity index (χ4n) is 1.15. The summed E-state index contributed by atoms with van der Waals surface area (Å²) in [5.41, 5.74) is -1.04. The van der Waals surface area contributed by atoms with Gasteiger partial charge in [-0.1, -0.05) is 17.7 Å². The molecule has 0 aliphatic heterocycles. The van der Waals surface area contributed by atoms with Crippen molar-refractivity contribution in [3.63, 3.8) is 0 Å². The van der Waals surface area contributed by atoms with Gasteiger partial charge >= 0.3 is 6.18 Å². The van der Waals surface area contributed by atoms with Crippen LogP contribution in [-0.4, -0.2) is 5.78 Å². The molecule has 0 amide bonds. The number of alkyl halides is 3. The van der Waals surface area contributed by atoms with E-state index in [0.717, 1.165) is 18.2 Å². The molecule has 0 N–H and O–H groups in total. The lowest BCUT2D eigenvalue weighted by Crippen LogP contribution is -2.07. The summed E-state index contributed by atoms with van der Waals surface area (Å²) in [4.78, 5) is 10.7. The third-order valence-electron chi connectivity index (χ3n) is 1.84. The predicted octanol–water partition coefficient (Wildman–Crippen LogP) is 3.96. The molecule has 0 atom stereocenters. The van der Waals surface area contributed by atoms with Crippen molar-refractivity contribution in [2.24, 2.45) is 0 Å². The Hall–Kier alpha value is -1.29. The average Bonchev–Trinajstić information content (AvgIpc) is 2.13. The van der Waals surface area contributed by atoms with Crippen molar-refractivity contribution in [3.8, 4) is 0 Å². The van der Waals surface area contributed by atoms with Gasteiger partial charge in [0.1, 0.15) is 0 Å². The summed E-state index contributed by atoms with van der Waals surface area (Å²) in [5.74, 6) is -0.340. The van der Waals surface area contributed by atoms with Crippen LogP contribution in [0.1, 0.15) is 18.1 Å². The second-order valence-electron chi connectivity index (χ2n) is 3.14. The second kappa shape index (κ2) is 4.70. The van der Waals surface area contributed by atoms with Crippen molar-refractivity contribution in [3.05, 3.63) is 40.4 Å². The molecule has 0 saturated carbocycles. The van der Waals surface area contributed by atoms with E-state index in [1.54, 1.807) is 0 Å². The van der Waals surface area contributed by atoms with Gasteiger partial charge in [-0.25, -0.2) is 0 Å². The first-order valence-corrected chi connectivity index (χ1v) is 4.74. The normalized spacial score (nSPS) is 12.1. The summed E-state index contributed by atoms with van der Waals surface area (Å²) in [5, 5.41) is -0.0349. The zero-order valence-electron chi connectivity index (χ0n) is 8.31. The maximum Gasteiger partial charge on any atom is 0.417 e. The van der Waals surface area contributed by atoms with Crippen LogP contribution in [0.25, 0.3) is 6.08 Å². The van der Waals surface area contributed by atoms with E-state index < -0.39 is 11.7 Å². The first-order valence-electron chi connectivity index (χ1n) is 4.36. The number of carbonyl (C=O) groups excluding carboxylic acids is 1. The summed E-state index contributed by atoms with van der Waals surface area (Å²) >= 11 is 5.66. The maximum absolute atomic E-state index is 12.6. The number of ketones is 1. The lowest BCUT2D eigenvalue weighted by molar-refractivity contribution is -0.137. The molecule has 86 valence electrons. The second-order valence-corrected chi connectivity index (χ2v) is 3.55. The van der Waals surface area contributed by atoms with Gasteiger partial charge in [0.25, 0.3) is 0 Å². The van der Waals surface area contributed by atoms with Crippen LogP contribution < -0.4 is 0 Å². The number of rotatable bonds is 2. The van der Waals surface area contributed by atoms with Crippen molar-refractivity contribution in [2.45, 2.75) is 13.1 Å². The highest BCUT2D eigenvalue weighted by molar-refractivity contribution is 6.32. The highest BCUT2D eigenvalue weighted by Crippen LogP contribution is 2.35. The SMILES string of the molecule is CC(=O)/C=C/c1c(Cl)cccc1C(F)(F)F. The zero-order chi connectivity index (χ0) is 12.3. The number of hydrogen-bond donors (Lipinski definition) is 0. The largest absolute Gasteiger partial charge is 0.417 e. The van der Waals surface area contributed by atoms with Crippen molar-refractivity contribution < 1.29 is 18.0 Å². The molecule has 1 aromatic rings. The Bertz CT molecular complexity index is 435. The fourth-order valence-corrected chi connectivity index (χ4v) is 1.39. The summed E-state index contributed by atoms with van der Waals surface area (Å²) in [6, 6.07) is 3.48. The molecule has 0 aliphatic rings. The molecule has 16 heavy (non-hydrogen) atoms. The quantitative estimate of drug-likeness (QED) is 0.724. The maximum atomic E-state index is 12.6. The summed E-state index contributed by atoms with van der Waals surface area (Å²) in [7, 11) is 0. The Morgan fingerprint density at radius 1 is 1.38 bits per heavy atom. The van der Waals surface area contributed by atoms with Crippen LogP contribution in [0, 0.1) is 0 Å². The Morgan fingerprint density at radius 3 is 2.50 bits per heavy atom. The van der Waals surface area contributed by atoms with Crippen molar-refractivity contribution >= 4 is 23.5 Å². The Balaban J connectivity index is 3.30. The van der Waals surface area contributed by atoms with Gasteiger partial charge in [0.15, 0.2) is 5.78 Å². The van der Waals surface area contributed by atoms with Gasteiger partial charge in [-0.15, -0.1) is 0 Å². The minimum absolute atomic E-state index is 0.0349. The molecule has 0 fully saturated rings. The number of allylic oxidation sites excluding steroid dienone is 1. The molecule has 0 aliphatic carbocycles. The monoisotopic (exact) mass is 248 g/mol. The summed E-state index contributed by atoms with van der Waals surface area (Å²) in [6.07, 6.45) is -2.36. The minimum Gasteiger partial charge on any atom is -0.295 e. The molecular weight excluding hydrogens is 241 g/mol. The topological polar surface area (TPSA) is 17.1 Å². The number of halogens is 4. The standard InChI is InChI=1S/C11H8ClF3O/c1-7(16)5-6-8-9(11(13,14)15)3-2-4-10(8)12/h2-6H,1H3/b6-5+. The van der Waals surface area contributed by atoms with E-state index in [2.05, 4.69) is 0 Å². The van der Waals surface area contributed by atoms with Gasteiger partial charge in [0.2, 0.25) is 0 Å². The first kappa shape index (κ1) is 12.8. The van der Waals surface area contributed by atoms with E-state index in [1.165, 1.54) is 19.1 Å². The van der Waals surface area contributed by atoms with Crippen LogP contribution in [-0.2, 0) is 11.0 Å². The van der Waals surface area contributed by atoms with E-state index in [4.69, 9.17) is 11.6 Å². The van der Waals surface area contributed by atoms with Gasteiger partial charge < -0.3 is 0 Å². The van der Waals surface area contributed by atoms with Crippen LogP contribution in [0.2, 0.25) is 5.02 Å². The Morgan fingerprint density at radius 2 is 2.00 bits per heavy atom. The van der Waals surface area contributed by atoms with Gasteiger partial charge in [0.05, 0.1) is 5.56 Å². The van der Waals surface area contributed by atoms with Gasteiger partial charge in [-0.05, 0) is 31.2 Å². The average molecular weight is 249 g/mol. The first-order chi connectivity index (χ1) is 7.32. The van der Waals surface area contributed by atoms with Crippen molar-refractivity contribution in [2.75, 3.05) is 0 Å². The molecule has 1 rings (SSSR count). The molecule has 5 heteroatoms. The van der Waals surface area contributed by atoms with Gasteiger partial charge in [-0.2, -0.15) is 13.2 Å². The summed E-state index contributed by atoms with van der Waals surface area (Å²) < 4.78 is 37.7. The Labute approximate surface area is 95.5 Å². The van der Waals surface area contributed by atoms with E-state index in [-0.39, 0.29) is 16.4 Å². The van der Waals surface area contributed by atoms with Crippen LogP contribution in [0.5, 0.6) is 0 Å². The third kappa shape index (κ3) is 3.10. The number of benzene rings is 1. The van der Waals surface area contributed by atoms with E-state index in [1.807, 2.05) is 0 Å². The van der Waals surface area contributed by atoms with E-state index in [9.17, 15) is 18.0 Å². The predicted molar refractivity (Wildman–Crippen MR) is 56.2 cm³/mol. The lowest BCUT2D eigenvalue weighted by atomic mass is 10.1. The molecular formula is C11H8ClF3O. The molecule has 0 aromatic heterocycles. The van der Waals surface area contributed by atoms with Gasteiger partial charge in [0, 0.05) is 10.6 Å². The highest BCUT2D eigenvalue weighted by atomic mass is 35.5. The zero-order valence-corrected chi connectivity index (χ0v) is 9.06. The molecule has 0 bridgehead atoms. The Kier molecular flexibility index (Phi) is 3.75. The number of hydrogen-bond acceptors (Lipinski definition) is 1. The smallest absolute Gasteiger partial charge is 0.295 e. The van der Waals surface area contributed by atoms with Crippen LogP contribution in [0.15, 0.2) is 24.3 Å². The van der Waals surface area contributed by atoms with Crippen LogP contribution in [0.4, 0.5) is 13.2 Å². The third-order valence-corrected chi connectivity index (χ3v) is 2.17. The van der Waals surface area contributed by atoms with Crippen molar-refractivity contribution in [1.29, 1.82) is 0 Å². The van der Waals surface area contributed by atoms with Gasteiger partial charge in [-0.3, -0.25) is 4.79 Å². The number of carbonyl (C=O) groups is 1. The molecule has 1 nitrogen and oxygen atoms in total. The van der Waals surface area contributed by atoms with Crippen LogP contribution in [0.3, 0.4) is 0 Å². The molecule has 0 saturated heterocycles. The van der Waals surface area contributed by atoms with E-state index >= 15 is 0 Å². The highest BCUT2D eigenvalue weighted by Gasteiger charge is 2.33. The fraction of sp³-hybridized carbons (Fsp3) is 0.182. The van der Waals surface area contributed by atoms with Crippen molar-refractivity contribution in [1.82, 2.24) is 0 Å². The molecule has 0 radical (unpaired) electrons. The molecule has 1 aromatic carbocycles. The van der Waals surface area contributed by atoms with E-state index in [0.29, 0.717) is 0 Å². The molecule has 0 spiro atoms. The van der Waals surface area contributed by atoms with Crippen LogP contribution >= 0.6 is 11.6 Å². The molecule has 0 heterocycles. The molecule has 0 unspecified atom stereocenters.